The Bertz CT molecular complexity index is 1090. The van der Waals surface area contributed by atoms with E-state index in [0.717, 1.165) is 68.4 Å². The minimum atomic E-state index is 0.00259. The standard InChI is InChI=1S/C24H23ClN2OS/c25-22-6-5-21(29-22)20-10-18(17-3-1-2-4-19(17)26-20)23(28)27-24-11-14-7-15(12-24)9-16(8-14)13-24/h1-6,10,14-16H,7-9,11-13H2,(H,27,28). The molecule has 0 saturated heterocycles. The van der Waals surface area contributed by atoms with Crippen molar-refractivity contribution in [3.63, 3.8) is 0 Å². The largest absolute Gasteiger partial charge is 0.347 e. The monoisotopic (exact) mass is 422 g/mol. The molecule has 2 aromatic heterocycles. The topological polar surface area (TPSA) is 42.0 Å². The van der Waals surface area contributed by atoms with Gasteiger partial charge in [0.1, 0.15) is 0 Å². The Morgan fingerprint density at radius 1 is 1.03 bits per heavy atom. The number of pyridine rings is 1. The van der Waals surface area contributed by atoms with E-state index in [2.05, 4.69) is 5.32 Å². The Balaban J connectivity index is 1.39. The van der Waals surface area contributed by atoms with E-state index in [1.165, 1.54) is 30.6 Å². The van der Waals surface area contributed by atoms with Gasteiger partial charge in [-0.3, -0.25) is 4.79 Å². The van der Waals surface area contributed by atoms with Crippen LogP contribution < -0.4 is 5.32 Å². The van der Waals surface area contributed by atoms with Gasteiger partial charge >= 0.3 is 0 Å². The van der Waals surface area contributed by atoms with Gasteiger partial charge in [0.2, 0.25) is 0 Å². The molecule has 2 heterocycles. The lowest BCUT2D eigenvalue weighted by Gasteiger charge is -2.56. The van der Waals surface area contributed by atoms with Crippen molar-refractivity contribution in [1.82, 2.24) is 10.3 Å². The first-order valence-corrected chi connectivity index (χ1v) is 11.7. The molecule has 148 valence electrons. The van der Waals surface area contributed by atoms with Crippen LogP contribution in [-0.4, -0.2) is 16.4 Å². The highest BCUT2D eigenvalue weighted by atomic mass is 35.5. The molecular weight excluding hydrogens is 400 g/mol. The summed E-state index contributed by atoms with van der Waals surface area (Å²) < 4.78 is 0.731. The maximum Gasteiger partial charge on any atom is 0.252 e. The Hall–Kier alpha value is -1.91. The second kappa shape index (κ2) is 6.55. The number of aromatic nitrogens is 1. The van der Waals surface area contributed by atoms with Crippen LogP contribution in [0.1, 0.15) is 48.9 Å². The maximum atomic E-state index is 13.6. The number of thiophene rings is 1. The Morgan fingerprint density at radius 2 is 1.72 bits per heavy atom. The Kier molecular flexibility index (Phi) is 4.04. The summed E-state index contributed by atoms with van der Waals surface area (Å²) in [6.45, 7) is 0. The quantitative estimate of drug-likeness (QED) is 0.536. The molecule has 29 heavy (non-hydrogen) atoms. The number of fused-ring (bicyclic) bond motifs is 1. The van der Waals surface area contributed by atoms with Gasteiger partial charge in [0.25, 0.3) is 5.91 Å². The number of para-hydroxylation sites is 1. The third-order valence-electron chi connectivity index (χ3n) is 7.20. The lowest BCUT2D eigenvalue weighted by molar-refractivity contribution is -0.0166. The van der Waals surface area contributed by atoms with E-state index in [9.17, 15) is 4.79 Å². The third kappa shape index (κ3) is 3.08. The van der Waals surface area contributed by atoms with Crippen LogP contribution in [0, 0.1) is 17.8 Å². The molecule has 0 aliphatic heterocycles. The summed E-state index contributed by atoms with van der Waals surface area (Å²) in [6.07, 6.45) is 7.58. The summed E-state index contributed by atoms with van der Waals surface area (Å²) in [5.41, 5.74) is 2.40. The Morgan fingerprint density at radius 3 is 2.38 bits per heavy atom. The number of rotatable bonds is 3. The molecule has 1 N–H and O–H groups in total. The molecule has 1 amide bonds. The van der Waals surface area contributed by atoms with Gasteiger partial charge in [-0.2, -0.15) is 0 Å². The number of amides is 1. The number of hydrogen-bond donors (Lipinski definition) is 1. The van der Waals surface area contributed by atoms with E-state index in [-0.39, 0.29) is 11.4 Å². The summed E-state index contributed by atoms with van der Waals surface area (Å²) in [5.74, 6) is 2.47. The first-order valence-electron chi connectivity index (χ1n) is 10.5. The molecule has 5 heteroatoms. The van der Waals surface area contributed by atoms with Gasteiger partial charge < -0.3 is 5.32 Å². The molecule has 0 spiro atoms. The molecule has 0 unspecified atom stereocenters. The summed E-state index contributed by atoms with van der Waals surface area (Å²) in [5, 5.41) is 4.45. The molecule has 3 nitrogen and oxygen atoms in total. The zero-order chi connectivity index (χ0) is 19.6. The molecule has 3 aromatic rings. The van der Waals surface area contributed by atoms with Crippen LogP contribution >= 0.6 is 22.9 Å². The molecular formula is C24H23ClN2OS. The molecule has 4 aliphatic carbocycles. The van der Waals surface area contributed by atoms with Gasteiger partial charge in [-0.1, -0.05) is 29.8 Å². The summed E-state index contributed by atoms with van der Waals surface area (Å²) in [4.78, 5) is 19.4. The van der Waals surface area contributed by atoms with E-state index < -0.39 is 0 Å². The number of hydrogen-bond acceptors (Lipinski definition) is 3. The van der Waals surface area contributed by atoms with Crippen LogP contribution in [0.2, 0.25) is 4.34 Å². The van der Waals surface area contributed by atoms with Gasteiger partial charge in [0.15, 0.2) is 0 Å². The van der Waals surface area contributed by atoms with Crippen LogP contribution in [0.25, 0.3) is 21.5 Å². The van der Waals surface area contributed by atoms with Gasteiger partial charge in [-0.05, 0) is 80.5 Å². The molecule has 4 bridgehead atoms. The van der Waals surface area contributed by atoms with Gasteiger partial charge in [0, 0.05) is 10.9 Å². The minimum absolute atomic E-state index is 0.00259. The van der Waals surface area contributed by atoms with Crippen molar-refractivity contribution >= 4 is 39.7 Å². The zero-order valence-electron chi connectivity index (χ0n) is 16.2. The highest BCUT2D eigenvalue weighted by Crippen LogP contribution is 2.55. The fourth-order valence-electron chi connectivity index (χ4n) is 6.51. The first-order chi connectivity index (χ1) is 14.1. The molecule has 4 saturated carbocycles. The minimum Gasteiger partial charge on any atom is -0.347 e. The molecule has 7 rings (SSSR count). The van der Waals surface area contributed by atoms with E-state index in [0.29, 0.717) is 0 Å². The van der Waals surface area contributed by atoms with Gasteiger partial charge in [0.05, 0.1) is 26.0 Å². The summed E-state index contributed by atoms with van der Waals surface area (Å²) in [6, 6.07) is 13.7. The van der Waals surface area contributed by atoms with Gasteiger partial charge in [-0.25, -0.2) is 4.98 Å². The number of nitrogens with zero attached hydrogens (tertiary/aromatic N) is 1. The molecule has 0 atom stereocenters. The summed E-state index contributed by atoms with van der Waals surface area (Å²) in [7, 11) is 0. The molecule has 0 radical (unpaired) electrons. The zero-order valence-corrected chi connectivity index (χ0v) is 17.7. The lowest BCUT2D eigenvalue weighted by atomic mass is 9.53. The van der Waals surface area contributed by atoms with Crippen molar-refractivity contribution < 1.29 is 4.79 Å². The van der Waals surface area contributed by atoms with E-state index >= 15 is 0 Å². The van der Waals surface area contributed by atoms with Crippen LogP contribution in [0.4, 0.5) is 0 Å². The highest BCUT2D eigenvalue weighted by molar-refractivity contribution is 7.19. The van der Waals surface area contributed by atoms with Crippen molar-refractivity contribution in [2.75, 3.05) is 0 Å². The predicted molar refractivity (Wildman–Crippen MR) is 118 cm³/mol. The lowest BCUT2D eigenvalue weighted by Crippen LogP contribution is -2.59. The van der Waals surface area contributed by atoms with Crippen molar-refractivity contribution in [3.05, 3.63) is 52.4 Å². The SMILES string of the molecule is O=C(NC12CC3CC(CC(C3)C1)C2)c1cc(-c2ccc(Cl)s2)nc2ccccc12. The molecule has 4 fully saturated rings. The normalized spacial score (nSPS) is 30.0. The molecule has 4 aliphatic rings. The van der Waals surface area contributed by atoms with Gasteiger partial charge in [-0.15, -0.1) is 11.3 Å². The van der Waals surface area contributed by atoms with Crippen molar-refractivity contribution in [3.8, 4) is 10.6 Å². The number of nitrogens with one attached hydrogen (secondary N) is 1. The van der Waals surface area contributed by atoms with Crippen molar-refractivity contribution in [2.45, 2.75) is 44.1 Å². The van der Waals surface area contributed by atoms with Crippen LogP contribution in [0.3, 0.4) is 0 Å². The number of carbonyl (C=O) groups excluding carboxylic acids is 1. The third-order valence-corrected chi connectivity index (χ3v) is 8.46. The second-order valence-corrected chi connectivity index (χ2v) is 11.0. The summed E-state index contributed by atoms with van der Waals surface area (Å²) >= 11 is 7.64. The van der Waals surface area contributed by atoms with Crippen LogP contribution in [0.5, 0.6) is 0 Å². The number of halogens is 1. The maximum absolute atomic E-state index is 13.6. The van der Waals surface area contributed by atoms with Crippen molar-refractivity contribution in [2.24, 2.45) is 17.8 Å². The van der Waals surface area contributed by atoms with Crippen LogP contribution in [-0.2, 0) is 0 Å². The average Bonchev–Trinajstić information content (AvgIpc) is 3.12. The van der Waals surface area contributed by atoms with E-state index in [1.807, 2.05) is 42.5 Å². The Labute approximate surface area is 179 Å². The van der Waals surface area contributed by atoms with E-state index in [4.69, 9.17) is 16.6 Å². The fraction of sp³-hybridized carbons (Fsp3) is 0.417. The fourth-order valence-corrected chi connectivity index (χ4v) is 7.52. The number of benzene rings is 1. The van der Waals surface area contributed by atoms with E-state index in [1.54, 1.807) is 0 Å². The predicted octanol–water partition coefficient (Wildman–Crippen LogP) is 6.32. The molecule has 1 aromatic carbocycles. The smallest absolute Gasteiger partial charge is 0.252 e. The second-order valence-electron chi connectivity index (χ2n) is 9.33. The number of carbonyl (C=O) groups is 1. The van der Waals surface area contributed by atoms with Crippen molar-refractivity contribution in [1.29, 1.82) is 0 Å². The van der Waals surface area contributed by atoms with Crippen LogP contribution in [0.15, 0.2) is 42.5 Å². The first kappa shape index (κ1) is 17.9. The average molecular weight is 423 g/mol. The highest BCUT2D eigenvalue weighted by Gasteiger charge is 2.51.